The lowest BCUT2D eigenvalue weighted by molar-refractivity contribution is 0.414. The summed E-state index contributed by atoms with van der Waals surface area (Å²) in [6.07, 6.45) is 0. The number of aryl methyl sites for hydroxylation is 1. The normalized spacial score (nSPS) is 11.5. The van der Waals surface area contributed by atoms with Gasteiger partial charge in [0.15, 0.2) is 0 Å². The van der Waals surface area contributed by atoms with Crippen molar-refractivity contribution in [1.82, 2.24) is 4.98 Å². The molecule has 1 aromatic heterocycles. The number of benzene rings is 2. The van der Waals surface area contributed by atoms with Gasteiger partial charge in [0.1, 0.15) is 5.75 Å². The lowest BCUT2D eigenvalue weighted by atomic mass is 10.3. The quantitative estimate of drug-likeness (QED) is 0.794. The Morgan fingerprint density at radius 3 is 2.55 bits per heavy atom. The molecule has 0 aliphatic heterocycles. The van der Waals surface area contributed by atoms with E-state index < -0.39 is 10.0 Å². The number of hydrogen-bond acceptors (Lipinski definition) is 5. The molecule has 0 atom stereocenters. The highest BCUT2D eigenvalue weighted by atomic mass is 32.2. The van der Waals surface area contributed by atoms with E-state index in [0.29, 0.717) is 11.4 Å². The first kappa shape index (κ1) is 14.8. The smallest absolute Gasteiger partial charge is 0.261 e. The van der Waals surface area contributed by atoms with E-state index in [1.54, 1.807) is 35.6 Å². The zero-order valence-corrected chi connectivity index (χ0v) is 13.7. The van der Waals surface area contributed by atoms with Crippen LogP contribution in [-0.4, -0.2) is 20.5 Å². The molecule has 0 saturated heterocycles. The van der Waals surface area contributed by atoms with Crippen LogP contribution in [0.25, 0.3) is 10.2 Å². The van der Waals surface area contributed by atoms with E-state index in [4.69, 9.17) is 4.74 Å². The fourth-order valence-electron chi connectivity index (χ4n) is 2.08. The molecular formula is C15H14N2O3S2. The number of ether oxygens (including phenoxy) is 1. The van der Waals surface area contributed by atoms with Crippen LogP contribution in [0.5, 0.6) is 5.75 Å². The van der Waals surface area contributed by atoms with Crippen molar-refractivity contribution in [2.24, 2.45) is 0 Å². The molecule has 0 amide bonds. The Hall–Kier alpha value is -2.12. The van der Waals surface area contributed by atoms with Gasteiger partial charge in [0.25, 0.3) is 10.0 Å². The molecule has 1 heterocycles. The van der Waals surface area contributed by atoms with Crippen molar-refractivity contribution in [2.75, 3.05) is 11.8 Å². The van der Waals surface area contributed by atoms with Crippen molar-refractivity contribution in [3.8, 4) is 5.75 Å². The van der Waals surface area contributed by atoms with Crippen molar-refractivity contribution in [2.45, 2.75) is 11.8 Å². The molecule has 3 aromatic rings. The predicted molar refractivity (Wildman–Crippen MR) is 88.2 cm³/mol. The third-order valence-electron chi connectivity index (χ3n) is 3.12. The molecule has 0 spiro atoms. The molecule has 1 N–H and O–H groups in total. The Bertz CT molecular complexity index is 916. The summed E-state index contributed by atoms with van der Waals surface area (Å²) >= 11 is 1.58. The van der Waals surface area contributed by atoms with Crippen LogP contribution in [0, 0.1) is 6.92 Å². The first-order chi connectivity index (χ1) is 10.5. The third kappa shape index (κ3) is 2.90. The van der Waals surface area contributed by atoms with Crippen LogP contribution in [0.3, 0.4) is 0 Å². The molecule has 2 aromatic carbocycles. The molecule has 0 aliphatic carbocycles. The number of nitrogens with zero attached hydrogens (tertiary/aromatic N) is 1. The summed E-state index contributed by atoms with van der Waals surface area (Å²) < 4.78 is 33.4. The second-order valence-corrected chi connectivity index (χ2v) is 7.61. The summed E-state index contributed by atoms with van der Waals surface area (Å²) in [5.41, 5.74) is 1.28. The maximum Gasteiger partial charge on any atom is 0.261 e. The van der Waals surface area contributed by atoms with Crippen LogP contribution in [0.15, 0.2) is 47.4 Å². The van der Waals surface area contributed by atoms with Crippen molar-refractivity contribution in [3.05, 3.63) is 47.5 Å². The van der Waals surface area contributed by atoms with Crippen LogP contribution in [-0.2, 0) is 10.0 Å². The number of thiazole rings is 1. The first-order valence-corrected chi connectivity index (χ1v) is 8.82. The van der Waals surface area contributed by atoms with E-state index in [2.05, 4.69) is 9.71 Å². The second kappa shape index (κ2) is 5.58. The molecular weight excluding hydrogens is 320 g/mol. The number of rotatable bonds is 4. The van der Waals surface area contributed by atoms with E-state index in [1.807, 2.05) is 13.0 Å². The number of nitrogens with one attached hydrogen (secondary N) is 1. The Morgan fingerprint density at radius 2 is 1.86 bits per heavy atom. The van der Waals surface area contributed by atoms with Crippen LogP contribution in [0.2, 0.25) is 0 Å². The molecule has 7 heteroatoms. The summed E-state index contributed by atoms with van der Waals surface area (Å²) in [5.74, 6) is 0.610. The molecule has 0 saturated carbocycles. The summed E-state index contributed by atoms with van der Waals surface area (Å²) in [5, 5.41) is 0.949. The van der Waals surface area contributed by atoms with Gasteiger partial charge in [0.05, 0.1) is 32.9 Å². The Kier molecular flexibility index (Phi) is 3.76. The molecule has 0 aliphatic rings. The van der Waals surface area contributed by atoms with Gasteiger partial charge in [-0.1, -0.05) is 0 Å². The van der Waals surface area contributed by atoms with E-state index in [-0.39, 0.29) is 4.90 Å². The summed E-state index contributed by atoms with van der Waals surface area (Å²) in [7, 11) is -2.10. The fraction of sp³-hybridized carbons (Fsp3) is 0.133. The summed E-state index contributed by atoms with van der Waals surface area (Å²) in [6, 6.07) is 11.6. The number of aromatic nitrogens is 1. The highest BCUT2D eigenvalue weighted by Gasteiger charge is 2.14. The number of hydrogen-bond donors (Lipinski definition) is 1. The Morgan fingerprint density at radius 1 is 1.14 bits per heavy atom. The maximum absolute atomic E-state index is 12.4. The van der Waals surface area contributed by atoms with Gasteiger partial charge in [-0.2, -0.15) is 0 Å². The lowest BCUT2D eigenvalue weighted by Crippen LogP contribution is -2.12. The van der Waals surface area contributed by atoms with Crippen molar-refractivity contribution < 1.29 is 13.2 Å². The maximum atomic E-state index is 12.4. The molecule has 0 unspecified atom stereocenters. The minimum absolute atomic E-state index is 0.183. The molecule has 22 heavy (non-hydrogen) atoms. The minimum Gasteiger partial charge on any atom is -0.497 e. The zero-order valence-electron chi connectivity index (χ0n) is 12.0. The van der Waals surface area contributed by atoms with Gasteiger partial charge in [0.2, 0.25) is 0 Å². The van der Waals surface area contributed by atoms with Crippen LogP contribution in [0.4, 0.5) is 5.69 Å². The van der Waals surface area contributed by atoms with Crippen LogP contribution < -0.4 is 9.46 Å². The van der Waals surface area contributed by atoms with E-state index >= 15 is 0 Å². The molecule has 0 radical (unpaired) electrons. The number of sulfonamides is 1. The molecule has 5 nitrogen and oxygen atoms in total. The average Bonchev–Trinajstić information content (AvgIpc) is 2.86. The third-order valence-corrected chi connectivity index (χ3v) is 5.47. The van der Waals surface area contributed by atoms with Gasteiger partial charge in [0, 0.05) is 0 Å². The van der Waals surface area contributed by atoms with Crippen LogP contribution in [0.1, 0.15) is 5.01 Å². The Labute approximate surface area is 132 Å². The minimum atomic E-state index is -3.63. The van der Waals surface area contributed by atoms with Gasteiger partial charge >= 0.3 is 0 Å². The van der Waals surface area contributed by atoms with Gasteiger partial charge in [-0.3, -0.25) is 4.72 Å². The highest BCUT2D eigenvalue weighted by Crippen LogP contribution is 2.26. The molecule has 0 bridgehead atoms. The molecule has 114 valence electrons. The van der Waals surface area contributed by atoms with Gasteiger partial charge < -0.3 is 4.74 Å². The Balaban J connectivity index is 1.91. The van der Waals surface area contributed by atoms with Crippen molar-refractivity contribution in [1.29, 1.82) is 0 Å². The number of methoxy groups -OCH3 is 1. The van der Waals surface area contributed by atoms with Crippen LogP contribution >= 0.6 is 11.3 Å². The fourth-order valence-corrected chi connectivity index (χ4v) is 3.93. The SMILES string of the molecule is COc1ccc(S(=O)(=O)Nc2ccc3sc(C)nc3c2)cc1. The lowest BCUT2D eigenvalue weighted by Gasteiger charge is -2.08. The van der Waals surface area contributed by atoms with Crippen molar-refractivity contribution in [3.63, 3.8) is 0 Å². The first-order valence-electron chi connectivity index (χ1n) is 6.52. The zero-order chi connectivity index (χ0) is 15.7. The molecule has 0 fully saturated rings. The van der Waals surface area contributed by atoms with Gasteiger partial charge in [-0.15, -0.1) is 11.3 Å². The second-order valence-electron chi connectivity index (χ2n) is 4.70. The van der Waals surface area contributed by atoms with E-state index in [0.717, 1.165) is 15.2 Å². The average molecular weight is 334 g/mol. The highest BCUT2D eigenvalue weighted by molar-refractivity contribution is 7.92. The number of anilines is 1. The standard InChI is InChI=1S/C15H14N2O3S2/c1-10-16-14-9-11(3-8-15(14)21-10)17-22(18,19)13-6-4-12(20-2)5-7-13/h3-9,17H,1-2H3. The van der Waals surface area contributed by atoms with E-state index in [9.17, 15) is 8.42 Å². The van der Waals surface area contributed by atoms with Crippen molar-refractivity contribution >= 4 is 37.3 Å². The summed E-state index contributed by atoms with van der Waals surface area (Å²) in [6.45, 7) is 1.92. The monoisotopic (exact) mass is 334 g/mol. The van der Waals surface area contributed by atoms with Gasteiger partial charge in [-0.05, 0) is 49.4 Å². The number of fused-ring (bicyclic) bond motifs is 1. The van der Waals surface area contributed by atoms with E-state index in [1.165, 1.54) is 19.2 Å². The molecule has 3 rings (SSSR count). The topological polar surface area (TPSA) is 68.3 Å². The largest absolute Gasteiger partial charge is 0.497 e. The van der Waals surface area contributed by atoms with Gasteiger partial charge in [-0.25, -0.2) is 13.4 Å². The summed E-state index contributed by atoms with van der Waals surface area (Å²) in [4.78, 5) is 4.55. The predicted octanol–water partition coefficient (Wildman–Crippen LogP) is 3.41.